The van der Waals surface area contributed by atoms with Gasteiger partial charge in [-0.15, -0.1) is 0 Å². The van der Waals surface area contributed by atoms with Gasteiger partial charge in [0.25, 0.3) is 5.91 Å². The van der Waals surface area contributed by atoms with Crippen molar-refractivity contribution in [1.82, 2.24) is 15.0 Å². The van der Waals surface area contributed by atoms with Crippen LogP contribution in [0.5, 0.6) is 5.75 Å². The molecule has 6 nitrogen and oxygen atoms in total. The molecule has 1 amide bonds. The summed E-state index contributed by atoms with van der Waals surface area (Å²) in [5.74, 6) is 1.26. The van der Waals surface area contributed by atoms with Crippen LogP contribution in [0, 0.1) is 11.7 Å². The number of halogens is 1. The summed E-state index contributed by atoms with van der Waals surface area (Å²) < 4.78 is 25.2. The van der Waals surface area contributed by atoms with Crippen molar-refractivity contribution in [2.24, 2.45) is 5.92 Å². The lowest BCUT2D eigenvalue weighted by Gasteiger charge is -2.31. The Morgan fingerprint density at radius 1 is 1.12 bits per heavy atom. The summed E-state index contributed by atoms with van der Waals surface area (Å²) in [4.78, 5) is 18.8. The van der Waals surface area contributed by atoms with Gasteiger partial charge in [-0.25, -0.2) is 4.39 Å². The molecule has 0 radical (unpaired) electrons. The first-order valence-corrected chi connectivity index (χ1v) is 11.1. The lowest BCUT2D eigenvalue weighted by atomic mass is 9.90. The first kappa shape index (κ1) is 21.1. The second kappa shape index (κ2) is 9.40. The molecule has 1 fully saturated rings. The molecule has 1 aliphatic rings. The van der Waals surface area contributed by atoms with E-state index in [4.69, 9.17) is 9.26 Å². The summed E-state index contributed by atoms with van der Waals surface area (Å²) in [6.45, 7) is 1.42. The van der Waals surface area contributed by atoms with Crippen LogP contribution in [0.25, 0.3) is 10.8 Å². The number of likely N-dealkylation sites (tertiary alicyclic amines) is 1. The third-order valence-electron chi connectivity index (χ3n) is 6.16. The molecule has 0 unspecified atom stereocenters. The van der Waals surface area contributed by atoms with Gasteiger partial charge in [0, 0.05) is 42.3 Å². The van der Waals surface area contributed by atoms with Crippen molar-refractivity contribution in [3.8, 4) is 5.75 Å². The number of pyridine rings is 1. The maximum Gasteiger partial charge on any atom is 0.276 e. The van der Waals surface area contributed by atoms with Crippen LogP contribution in [0.3, 0.4) is 0 Å². The third kappa shape index (κ3) is 4.72. The number of hydrogen-bond acceptors (Lipinski definition) is 5. The van der Waals surface area contributed by atoms with E-state index in [0.717, 1.165) is 34.9 Å². The van der Waals surface area contributed by atoms with E-state index in [1.54, 1.807) is 29.4 Å². The first-order chi connectivity index (χ1) is 16.2. The summed E-state index contributed by atoms with van der Waals surface area (Å²) in [7, 11) is 0. The van der Waals surface area contributed by atoms with Crippen LogP contribution in [0.2, 0.25) is 0 Å². The van der Waals surface area contributed by atoms with Gasteiger partial charge in [-0.1, -0.05) is 35.5 Å². The molecule has 2 aromatic heterocycles. The zero-order valence-electron chi connectivity index (χ0n) is 18.1. The zero-order valence-corrected chi connectivity index (χ0v) is 18.1. The normalized spacial score (nSPS) is 14.5. The number of nitrogens with zero attached hydrogens (tertiary/aromatic N) is 3. The number of hydrogen-bond donors (Lipinski definition) is 0. The Bertz CT molecular complexity index is 1260. The van der Waals surface area contributed by atoms with Crippen LogP contribution in [-0.4, -0.2) is 34.0 Å². The minimum atomic E-state index is -0.159. The Morgan fingerprint density at radius 2 is 1.97 bits per heavy atom. The van der Waals surface area contributed by atoms with Crippen LogP contribution in [0.4, 0.5) is 4.39 Å². The predicted molar refractivity (Wildman–Crippen MR) is 121 cm³/mol. The average Bonchev–Trinajstić information content (AvgIpc) is 3.33. The maximum absolute atomic E-state index is 13.9. The molecule has 168 valence electrons. The minimum Gasteiger partial charge on any atom is -0.485 e. The van der Waals surface area contributed by atoms with E-state index in [1.165, 1.54) is 6.07 Å². The lowest BCUT2D eigenvalue weighted by Crippen LogP contribution is -2.39. The Hall–Kier alpha value is -3.74. The highest BCUT2D eigenvalue weighted by Gasteiger charge is 2.26. The molecule has 0 N–H and O–H groups in total. The number of carbonyl (C=O) groups is 1. The highest BCUT2D eigenvalue weighted by Crippen LogP contribution is 2.26. The van der Waals surface area contributed by atoms with Crippen molar-refractivity contribution in [2.45, 2.75) is 25.9 Å². The molecule has 7 heteroatoms. The molecule has 3 heterocycles. The van der Waals surface area contributed by atoms with Gasteiger partial charge in [-0.3, -0.25) is 9.78 Å². The topological polar surface area (TPSA) is 68.5 Å². The fourth-order valence-electron chi connectivity index (χ4n) is 4.33. The van der Waals surface area contributed by atoms with Crippen molar-refractivity contribution in [3.05, 3.63) is 89.8 Å². The molecule has 0 spiro atoms. The van der Waals surface area contributed by atoms with Gasteiger partial charge < -0.3 is 14.2 Å². The molecule has 0 atom stereocenters. The number of piperidine rings is 1. The van der Waals surface area contributed by atoms with Crippen LogP contribution in [0.1, 0.15) is 34.7 Å². The molecule has 1 aliphatic heterocycles. The predicted octanol–water partition coefficient (Wildman–Crippen LogP) is 5.04. The van der Waals surface area contributed by atoms with E-state index < -0.39 is 0 Å². The van der Waals surface area contributed by atoms with Crippen LogP contribution < -0.4 is 4.74 Å². The zero-order chi connectivity index (χ0) is 22.6. The molecule has 0 saturated carbocycles. The number of fused-ring (bicyclic) bond motifs is 1. The van der Waals surface area contributed by atoms with Gasteiger partial charge in [0.1, 0.15) is 18.2 Å². The number of benzene rings is 2. The van der Waals surface area contributed by atoms with E-state index in [2.05, 4.69) is 10.1 Å². The molecule has 4 aromatic rings. The van der Waals surface area contributed by atoms with E-state index in [9.17, 15) is 9.18 Å². The second-order valence-corrected chi connectivity index (χ2v) is 8.35. The summed E-state index contributed by atoms with van der Waals surface area (Å²) in [6.07, 6.45) is 5.88. The van der Waals surface area contributed by atoms with Gasteiger partial charge in [-0.2, -0.15) is 0 Å². The molecule has 5 rings (SSSR count). The standard InChI is InChI=1S/C26H24FN3O3/c27-23-6-2-1-4-19(23)14-18-9-12-30(13-10-18)26(31)24-15-21(33-29-24)17-32-25-7-3-5-20-16-28-11-8-22(20)25/h1-8,11,15-16,18H,9-10,12-14,17H2. The summed E-state index contributed by atoms with van der Waals surface area (Å²) in [6, 6.07) is 16.2. The highest BCUT2D eigenvalue weighted by molar-refractivity contribution is 5.92. The molecule has 0 bridgehead atoms. The number of rotatable bonds is 6. The fraction of sp³-hybridized carbons (Fsp3) is 0.269. The molecular formula is C26H24FN3O3. The summed E-state index contributed by atoms with van der Waals surface area (Å²) in [5, 5.41) is 5.91. The molecular weight excluding hydrogens is 421 g/mol. The molecule has 0 aliphatic carbocycles. The van der Waals surface area contributed by atoms with E-state index >= 15 is 0 Å². The highest BCUT2D eigenvalue weighted by atomic mass is 19.1. The number of amides is 1. The first-order valence-electron chi connectivity index (χ1n) is 11.1. The maximum atomic E-state index is 13.9. The van der Waals surface area contributed by atoms with Gasteiger partial charge in [0.2, 0.25) is 0 Å². The SMILES string of the molecule is O=C(c1cc(COc2cccc3cnccc23)on1)N1CCC(Cc2ccccc2F)CC1. The van der Waals surface area contributed by atoms with Crippen molar-refractivity contribution < 1.29 is 18.4 Å². The fourth-order valence-corrected chi connectivity index (χ4v) is 4.33. The van der Waals surface area contributed by atoms with Gasteiger partial charge >= 0.3 is 0 Å². The van der Waals surface area contributed by atoms with E-state index in [-0.39, 0.29) is 24.0 Å². The van der Waals surface area contributed by atoms with Crippen molar-refractivity contribution in [2.75, 3.05) is 13.1 Å². The minimum absolute atomic E-state index is 0.148. The Kier molecular flexibility index (Phi) is 6.02. The number of aromatic nitrogens is 2. The molecule has 33 heavy (non-hydrogen) atoms. The largest absolute Gasteiger partial charge is 0.485 e. The van der Waals surface area contributed by atoms with Gasteiger partial charge in [0.15, 0.2) is 11.5 Å². The second-order valence-electron chi connectivity index (χ2n) is 8.35. The van der Waals surface area contributed by atoms with Crippen LogP contribution in [0.15, 0.2) is 71.5 Å². The van der Waals surface area contributed by atoms with Crippen molar-refractivity contribution in [3.63, 3.8) is 0 Å². The number of carbonyl (C=O) groups excluding carboxylic acids is 1. The summed E-state index contributed by atoms with van der Waals surface area (Å²) in [5.41, 5.74) is 1.02. The van der Waals surface area contributed by atoms with Crippen molar-refractivity contribution in [1.29, 1.82) is 0 Å². The Balaban J connectivity index is 1.16. The Morgan fingerprint density at radius 3 is 2.82 bits per heavy atom. The third-order valence-corrected chi connectivity index (χ3v) is 6.16. The van der Waals surface area contributed by atoms with Crippen LogP contribution >= 0.6 is 0 Å². The van der Waals surface area contributed by atoms with Gasteiger partial charge in [-0.05, 0) is 48.9 Å². The summed E-state index contributed by atoms with van der Waals surface area (Å²) >= 11 is 0. The lowest BCUT2D eigenvalue weighted by molar-refractivity contribution is 0.0679. The number of ether oxygens (including phenoxy) is 1. The monoisotopic (exact) mass is 445 g/mol. The molecule has 2 aromatic carbocycles. The van der Waals surface area contributed by atoms with Gasteiger partial charge in [0.05, 0.1) is 0 Å². The smallest absolute Gasteiger partial charge is 0.276 e. The Labute approximate surface area is 191 Å². The van der Waals surface area contributed by atoms with E-state index in [0.29, 0.717) is 31.2 Å². The van der Waals surface area contributed by atoms with Crippen LogP contribution in [-0.2, 0) is 13.0 Å². The van der Waals surface area contributed by atoms with Crippen molar-refractivity contribution >= 4 is 16.7 Å². The average molecular weight is 445 g/mol. The van der Waals surface area contributed by atoms with E-state index in [1.807, 2.05) is 36.4 Å². The molecule has 1 saturated heterocycles. The quantitative estimate of drug-likeness (QED) is 0.416.